The maximum absolute atomic E-state index is 13.5. The highest BCUT2D eigenvalue weighted by Gasteiger charge is 2.55. The van der Waals surface area contributed by atoms with E-state index in [1.165, 1.54) is 6.42 Å². The van der Waals surface area contributed by atoms with Crippen LogP contribution in [0.4, 0.5) is 0 Å². The van der Waals surface area contributed by atoms with Crippen LogP contribution >= 0.6 is 0 Å². The number of amides is 2. The van der Waals surface area contributed by atoms with Gasteiger partial charge < -0.3 is 10.2 Å². The molecule has 2 atom stereocenters. The lowest BCUT2D eigenvalue weighted by molar-refractivity contribution is -0.128. The summed E-state index contributed by atoms with van der Waals surface area (Å²) in [5.41, 5.74) is 1.22. The van der Waals surface area contributed by atoms with E-state index in [1.54, 1.807) is 0 Å². The first kappa shape index (κ1) is 18.9. The van der Waals surface area contributed by atoms with Gasteiger partial charge in [-0.15, -0.1) is 0 Å². The fourth-order valence-electron chi connectivity index (χ4n) is 4.97. The number of nitrogens with zero attached hydrogens (tertiary/aromatic N) is 1. The number of nitrogens with one attached hydrogen (secondary N) is 1. The van der Waals surface area contributed by atoms with Gasteiger partial charge in [0.25, 0.3) is 5.91 Å². The fourth-order valence-corrected chi connectivity index (χ4v) is 4.97. The monoisotopic (exact) mass is 356 g/mol. The average Bonchev–Trinajstić information content (AvgIpc) is 2.61. The van der Waals surface area contributed by atoms with Crippen LogP contribution in [-0.4, -0.2) is 34.3 Å². The van der Waals surface area contributed by atoms with E-state index in [-0.39, 0.29) is 29.8 Å². The molecule has 1 heterocycles. The van der Waals surface area contributed by atoms with E-state index in [2.05, 4.69) is 24.1 Å². The van der Waals surface area contributed by atoms with Gasteiger partial charge >= 0.3 is 0 Å². The zero-order valence-corrected chi connectivity index (χ0v) is 16.5. The second-order valence-electron chi connectivity index (χ2n) is 8.28. The number of hydrogen-bond acceptors (Lipinski definition) is 2. The summed E-state index contributed by atoms with van der Waals surface area (Å²) in [7, 11) is 0. The third-order valence-corrected chi connectivity index (χ3v) is 6.18. The maximum atomic E-state index is 13.5. The molecule has 2 aliphatic rings. The highest BCUT2D eigenvalue weighted by atomic mass is 16.2. The van der Waals surface area contributed by atoms with Crippen molar-refractivity contribution in [2.24, 2.45) is 0 Å². The lowest BCUT2D eigenvalue weighted by atomic mass is 9.64. The Hall–Kier alpha value is -1.84. The normalized spacial score (nSPS) is 23.0. The van der Waals surface area contributed by atoms with Crippen LogP contribution in [0.15, 0.2) is 24.3 Å². The van der Waals surface area contributed by atoms with Crippen molar-refractivity contribution in [3.63, 3.8) is 0 Å². The van der Waals surface area contributed by atoms with E-state index < -0.39 is 5.54 Å². The minimum absolute atomic E-state index is 0.0650. The number of carbonyl (C=O) groups excluding carboxylic acids is 2. The Morgan fingerprint density at radius 3 is 2.46 bits per heavy atom. The Morgan fingerprint density at radius 2 is 1.85 bits per heavy atom. The van der Waals surface area contributed by atoms with E-state index in [4.69, 9.17) is 0 Å². The molecular weight excluding hydrogens is 324 g/mol. The van der Waals surface area contributed by atoms with Crippen LogP contribution in [0, 0.1) is 0 Å². The summed E-state index contributed by atoms with van der Waals surface area (Å²) in [6, 6.07) is 7.95. The van der Waals surface area contributed by atoms with Gasteiger partial charge in [-0.1, -0.05) is 44.4 Å². The highest BCUT2D eigenvalue weighted by molar-refractivity contribution is 6.02. The summed E-state index contributed by atoms with van der Waals surface area (Å²) < 4.78 is 0. The van der Waals surface area contributed by atoms with Gasteiger partial charge in [-0.2, -0.15) is 0 Å². The molecule has 4 nitrogen and oxygen atoms in total. The van der Waals surface area contributed by atoms with E-state index in [0.717, 1.165) is 37.7 Å². The van der Waals surface area contributed by atoms with Crippen LogP contribution in [0.5, 0.6) is 0 Å². The molecule has 1 saturated carbocycles. The Morgan fingerprint density at radius 1 is 1.19 bits per heavy atom. The summed E-state index contributed by atoms with van der Waals surface area (Å²) in [5, 5.41) is 3.14. The molecule has 2 amide bonds. The standard InChI is InChI=1S/C22H32N2O2/c1-5-16(4)24-21(26)18-12-8-7-11-17(18)19(20(25)23-15(2)3)22(24)13-9-6-10-14-22/h7-8,11-12,15-16,19H,5-6,9-10,13-14H2,1-4H3,(H,23,25)/t16-,19-/m0/s1. The molecule has 1 aliphatic heterocycles. The van der Waals surface area contributed by atoms with Gasteiger partial charge in [0, 0.05) is 17.6 Å². The highest BCUT2D eigenvalue weighted by Crippen LogP contribution is 2.50. The predicted octanol–water partition coefficient (Wildman–Crippen LogP) is 4.25. The molecule has 1 N–H and O–H groups in total. The van der Waals surface area contributed by atoms with Crippen LogP contribution < -0.4 is 5.32 Å². The van der Waals surface area contributed by atoms with Gasteiger partial charge in [0.1, 0.15) is 0 Å². The molecule has 26 heavy (non-hydrogen) atoms. The first-order valence-corrected chi connectivity index (χ1v) is 10.2. The van der Waals surface area contributed by atoms with Crippen molar-refractivity contribution in [3.8, 4) is 0 Å². The second kappa shape index (κ2) is 7.42. The molecule has 0 bridgehead atoms. The molecule has 0 radical (unpaired) electrons. The zero-order chi connectivity index (χ0) is 18.9. The minimum Gasteiger partial charge on any atom is -0.353 e. The van der Waals surface area contributed by atoms with Crippen molar-refractivity contribution in [1.82, 2.24) is 10.2 Å². The van der Waals surface area contributed by atoms with Crippen LogP contribution in [0.2, 0.25) is 0 Å². The van der Waals surface area contributed by atoms with Crippen molar-refractivity contribution < 1.29 is 9.59 Å². The van der Waals surface area contributed by atoms with Crippen molar-refractivity contribution in [2.45, 2.75) is 89.8 Å². The van der Waals surface area contributed by atoms with Crippen LogP contribution in [0.3, 0.4) is 0 Å². The second-order valence-corrected chi connectivity index (χ2v) is 8.28. The number of fused-ring (bicyclic) bond motifs is 1. The molecule has 1 fully saturated rings. The fraction of sp³-hybridized carbons (Fsp3) is 0.636. The predicted molar refractivity (Wildman–Crippen MR) is 104 cm³/mol. The first-order valence-electron chi connectivity index (χ1n) is 10.2. The Labute approximate surface area is 157 Å². The van der Waals surface area contributed by atoms with Crippen molar-refractivity contribution >= 4 is 11.8 Å². The number of carbonyl (C=O) groups is 2. The van der Waals surface area contributed by atoms with E-state index in [0.29, 0.717) is 5.56 Å². The molecule has 0 saturated heterocycles. The molecule has 4 heteroatoms. The van der Waals surface area contributed by atoms with Crippen molar-refractivity contribution in [3.05, 3.63) is 35.4 Å². The number of rotatable bonds is 4. The van der Waals surface area contributed by atoms with Crippen molar-refractivity contribution in [1.29, 1.82) is 0 Å². The van der Waals surface area contributed by atoms with Crippen molar-refractivity contribution in [2.75, 3.05) is 0 Å². The molecule has 142 valence electrons. The third kappa shape index (κ3) is 3.04. The molecule has 0 aromatic heterocycles. The lowest BCUT2D eigenvalue weighted by Gasteiger charge is -2.55. The van der Waals surface area contributed by atoms with E-state index in [1.807, 2.05) is 38.1 Å². The summed E-state index contributed by atoms with van der Waals surface area (Å²) in [4.78, 5) is 28.9. The average molecular weight is 357 g/mol. The van der Waals surface area contributed by atoms with Crippen LogP contribution in [0.25, 0.3) is 0 Å². The van der Waals surface area contributed by atoms with Gasteiger partial charge in [0.15, 0.2) is 0 Å². The summed E-state index contributed by atoms with van der Waals surface area (Å²) in [6.07, 6.45) is 6.06. The van der Waals surface area contributed by atoms with Gasteiger partial charge in [-0.3, -0.25) is 9.59 Å². The topological polar surface area (TPSA) is 49.4 Å². The molecule has 1 aromatic carbocycles. The molecule has 0 unspecified atom stereocenters. The van der Waals surface area contributed by atoms with Gasteiger partial charge in [-0.25, -0.2) is 0 Å². The Balaban J connectivity index is 2.19. The Bertz CT molecular complexity index is 676. The minimum atomic E-state index is -0.391. The lowest BCUT2D eigenvalue weighted by Crippen LogP contribution is -2.65. The molecule has 1 aromatic rings. The SMILES string of the molecule is CC[C@H](C)N1C(=O)c2ccccc2[C@@H](C(=O)NC(C)C)C12CCCCC2. The third-order valence-electron chi connectivity index (χ3n) is 6.18. The smallest absolute Gasteiger partial charge is 0.254 e. The molecule has 3 rings (SSSR count). The number of hydrogen-bond donors (Lipinski definition) is 1. The summed E-state index contributed by atoms with van der Waals surface area (Å²) in [6.45, 7) is 8.24. The van der Waals surface area contributed by atoms with Crippen LogP contribution in [-0.2, 0) is 4.79 Å². The molecular formula is C22H32N2O2. The summed E-state index contributed by atoms with van der Waals surface area (Å²) in [5.74, 6) is -0.117. The van der Waals surface area contributed by atoms with Gasteiger partial charge in [0.2, 0.25) is 5.91 Å². The van der Waals surface area contributed by atoms with Gasteiger partial charge in [-0.05, 0) is 51.7 Å². The van der Waals surface area contributed by atoms with E-state index >= 15 is 0 Å². The largest absolute Gasteiger partial charge is 0.353 e. The van der Waals surface area contributed by atoms with E-state index in [9.17, 15) is 9.59 Å². The quantitative estimate of drug-likeness (QED) is 0.877. The maximum Gasteiger partial charge on any atom is 0.254 e. The molecule has 1 aliphatic carbocycles. The Kier molecular flexibility index (Phi) is 5.40. The zero-order valence-electron chi connectivity index (χ0n) is 16.5. The van der Waals surface area contributed by atoms with Gasteiger partial charge in [0.05, 0.1) is 11.5 Å². The van der Waals surface area contributed by atoms with Crippen LogP contribution in [0.1, 0.15) is 88.1 Å². The number of benzene rings is 1. The summed E-state index contributed by atoms with van der Waals surface area (Å²) >= 11 is 0. The first-order chi connectivity index (χ1) is 12.4. The molecule has 1 spiro atoms.